The lowest BCUT2D eigenvalue weighted by atomic mass is 10.1. The van der Waals surface area contributed by atoms with Crippen LogP contribution in [0.1, 0.15) is 43.4 Å². The first-order valence-electron chi connectivity index (χ1n) is 11.4. The molecule has 0 atom stereocenters. The second-order valence-corrected chi connectivity index (χ2v) is 10.9. The van der Waals surface area contributed by atoms with Gasteiger partial charge in [-0.2, -0.15) is 17.5 Å². The van der Waals surface area contributed by atoms with E-state index in [-0.39, 0.29) is 18.9 Å². The number of carbonyl (C=O) groups is 2. The van der Waals surface area contributed by atoms with E-state index in [0.717, 1.165) is 36.2 Å². The van der Waals surface area contributed by atoms with Gasteiger partial charge in [0.1, 0.15) is 0 Å². The van der Waals surface area contributed by atoms with Crippen LogP contribution in [0.3, 0.4) is 0 Å². The number of aryl methyl sites for hydroxylation is 3. The number of rotatable bonds is 8. The van der Waals surface area contributed by atoms with Crippen LogP contribution in [-0.4, -0.2) is 80.1 Å². The van der Waals surface area contributed by atoms with Gasteiger partial charge in [-0.25, -0.2) is 13.2 Å². The van der Waals surface area contributed by atoms with Crippen molar-refractivity contribution >= 4 is 21.9 Å². The number of piperazine rings is 1. The fraction of sp³-hybridized carbons (Fsp3) is 0.652. The van der Waals surface area contributed by atoms with Gasteiger partial charge >= 0.3 is 12.1 Å². The third-order valence-corrected chi connectivity index (χ3v) is 7.65. The minimum Gasteiger partial charge on any atom is -0.475 e. The maximum Gasteiger partial charge on any atom is 0.490 e. The molecule has 1 saturated heterocycles. The molecule has 1 aliphatic rings. The van der Waals surface area contributed by atoms with Crippen LogP contribution in [0.25, 0.3) is 0 Å². The summed E-state index contributed by atoms with van der Waals surface area (Å²) in [6.45, 7) is 13.5. The van der Waals surface area contributed by atoms with E-state index in [9.17, 15) is 26.4 Å². The van der Waals surface area contributed by atoms with E-state index < -0.39 is 22.2 Å². The number of sulfonamides is 1. The third-order valence-electron chi connectivity index (χ3n) is 5.45. The molecular formula is C23H36F3N3O5S. The Morgan fingerprint density at radius 3 is 2.00 bits per heavy atom. The van der Waals surface area contributed by atoms with Crippen molar-refractivity contribution in [2.45, 2.75) is 58.5 Å². The molecule has 8 nitrogen and oxygen atoms in total. The maximum absolute atomic E-state index is 13.5. The molecule has 0 bridgehead atoms. The second kappa shape index (κ2) is 13.2. The number of nitrogens with zero attached hydrogens (tertiary/aromatic N) is 2. The highest BCUT2D eigenvalue weighted by Crippen LogP contribution is 2.26. The molecule has 2 rings (SSSR count). The Morgan fingerprint density at radius 2 is 1.57 bits per heavy atom. The van der Waals surface area contributed by atoms with Crippen LogP contribution in [0.4, 0.5) is 13.2 Å². The summed E-state index contributed by atoms with van der Waals surface area (Å²) in [4.78, 5) is 23.7. The van der Waals surface area contributed by atoms with Gasteiger partial charge in [0, 0.05) is 45.7 Å². The molecule has 0 aliphatic carbocycles. The van der Waals surface area contributed by atoms with Gasteiger partial charge in [0.2, 0.25) is 15.9 Å². The van der Waals surface area contributed by atoms with Crippen LogP contribution in [0.5, 0.6) is 0 Å². The zero-order valence-corrected chi connectivity index (χ0v) is 21.7. The Balaban J connectivity index is 0.000000762. The molecule has 0 saturated carbocycles. The number of hydrogen-bond acceptors (Lipinski definition) is 5. The monoisotopic (exact) mass is 523 g/mol. The van der Waals surface area contributed by atoms with Gasteiger partial charge in [-0.1, -0.05) is 31.5 Å². The van der Waals surface area contributed by atoms with Crippen molar-refractivity contribution in [3.63, 3.8) is 0 Å². The fourth-order valence-corrected chi connectivity index (χ4v) is 5.62. The number of halogens is 3. The van der Waals surface area contributed by atoms with E-state index in [4.69, 9.17) is 9.90 Å². The number of aliphatic carboxylic acids is 1. The molecule has 1 aromatic rings. The van der Waals surface area contributed by atoms with Gasteiger partial charge in [-0.15, -0.1) is 0 Å². The van der Waals surface area contributed by atoms with Gasteiger partial charge in [0.15, 0.2) is 0 Å². The minimum absolute atomic E-state index is 0.0311. The average molecular weight is 524 g/mol. The molecule has 35 heavy (non-hydrogen) atoms. The van der Waals surface area contributed by atoms with Crippen LogP contribution < -0.4 is 5.32 Å². The number of alkyl halides is 3. The summed E-state index contributed by atoms with van der Waals surface area (Å²) in [6.07, 6.45) is -4.09. The van der Waals surface area contributed by atoms with E-state index in [2.05, 4.69) is 19.2 Å². The number of carboxylic acid groups (broad SMARTS) is 1. The molecule has 1 heterocycles. The molecule has 0 spiro atoms. The molecular weight excluding hydrogens is 487 g/mol. The van der Waals surface area contributed by atoms with E-state index in [1.54, 1.807) is 0 Å². The highest BCUT2D eigenvalue weighted by atomic mass is 32.2. The van der Waals surface area contributed by atoms with Gasteiger partial charge in [0.05, 0.1) is 4.90 Å². The zero-order chi connectivity index (χ0) is 27.0. The summed E-state index contributed by atoms with van der Waals surface area (Å²) in [6, 6.07) is 3.82. The summed E-state index contributed by atoms with van der Waals surface area (Å²) < 4.78 is 60.2. The van der Waals surface area contributed by atoms with E-state index in [1.807, 2.05) is 37.8 Å². The van der Waals surface area contributed by atoms with Crippen molar-refractivity contribution in [3.05, 3.63) is 28.8 Å². The van der Waals surface area contributed by atoms with Crippen molar-refractivity contribution in [2.75, 3.05) is 39.3 Å². The van der Waals surface area contributed by atoms with Crippen LogP contribution >= 0.6 is 0 Å². The number of carboxylic acids is 1. The van der Waals surface area contributed by atoms with Gasteiger partial charge in [0.25, 0.3) is 0 Å². The molecule has 2 N–H and O–H groups in total. The number of carbonyl (C=O) groups excluding carboxylic acids is 1. The van der Waals surface area contributed by atoms with Gasteiger partial charge in [-0.3, -0.25) is 4.79 Å². The van der Waals surface area contributed by atoms with E-state index in [1.165, 1.54) is 4.31 Å². The summed E-state index contributed by atoms with van der Waals surface area (Å²) in [5, 5.41) is 10.4. The first-order chi connectivity index (χ1) is 16.1. The number of amides is 1. The van der Waals surface area contributed by atoms with Crippen LogP contribution in [0.2, 0.25) is 0 Å². The Hall–Kier alpha value is -2.18. The summed E-state index contributed by atoms with van der Waals surface area (Å²) in [5.41, 5.74) is 2.58. The Morgan fingerprint density at radius 1 is 1.09 bits per heavy atom. The molecule has 1 aliphatic heterocycles. The lowest BCUT2D eigenvalue weighted by Gasteiger charge is -2.29. The molecule has 1 amide bonds. The largest absolute Gasteiger partial charge is 0.490 e. The predicted molar refractivity (Wildman–Crippen MR) is 127 cm³/mol. The van der Waals surface area contributed by atoms with Crippen LogP contribution in [0.15, 0.2) is 17.0 Å². The quantitative estimate of drug-likeness (QED) is 0.542. The SMILES string of the molecule is Cc1cc(C)c(S(=O)(=O)N(CCC(=O)N2CCNCC2)CCC(C)C)c(C)c1.O=C(O)C(F)(F)F. The summed E-state index contributed by atoms with van der Waals surface area (Å²) in [7, 11) is -3.65. The van der Waals surface area contributed by atoms with Crippen molar-refractivity contribution in [3.8, 4) is 0 Å². The van der Waals surface area contributed by atoms with Gasteiger partial charge < -0.3 is 15.3 Å². The molecule has 1 fully saturated rings. The minimum atomic E-state index is -5.08. The molecule has 0 unspecified atom stereocenters. The Labute approximate surface area is 205 Å². The number of benzene rings is 1. The first kappa shape index (κ1) is 30.9. The highest BCUT2D eigenvalue weighted by Gasteiger charge is 2.38. The molecule has 200 valence electrons. The Bertz CT molecular complexity index is 952. The number of hydrogen-bond donors (Lipinski definition) is 2. The number of nitrogens with one attached hydrogen (secondary N) is 1. The average Bonchev–Trinajstić information content (AvgIpc) is 2.72. The van der Waals surface area contributed by atoms with Crippen molar-refractivity contribution in [1.29, 1.82) is 0 Å². The van der Waals surface area contributed by atoms with Crippen molar-refractivity contribution in [2.24, 2.45) is 5.92 Å². The topological polar surface area (TPSA) is 107 Å². The van der Waals surface area contributed by atoms with E-state index >= 15 is 0 Å². The Kier molecular flexibility index (Phi) is 11.7. The molecule has 0 aromatic heterocycles. The predicted octanol–water partition coefficient (Wildman–Crippen LogP) is 3.10. The van der Waals surface area contributed by atoms with Crippen molar-refractivity contribution in [1.82, 2.24) is 14.5 Å². The normalized spacial score (nSPS) is 14.6. The second-order valence-electron chi connectivity index (χ2n) is 9.00. The lowest BCUT2D eigenvalue weighted by molar-refractivity contribution is -0.192. The standard InChI is InChI=1S/C21H35N3O3S.C2HF3O2/c1-16(2)6-10-24(11-7-20(25)23-12-8-22-9-13-23)28(26,27)21-18(4)14-17(3)15-19(21)5;3-2(4,5)1(6)7/h14-16,22H,6-13H2,1-5H3;(H,6,7). The smallest absolute Gasteiger partial charge is 0.475 e. The van der Waals surface area contributed by atoms with E-state index in [0.29, 0.717) is 30.4 Å². The van der Waals surface area contributed by atoms with Crippen LogP contribution in [-0.2, 0) is 19.6 Å². The van der Waals surface area contributed by atoms with Gasteiger partial charge in [-0.05, 0) is 44.2 Å². The fourth-order valence-electron chi connectivity index (χ4n) is 3.75. The zero-order valence-electron chi connectivity index (χ0n) is 20.9. The maximum atomic E-state index is 13.5. The molecule has 1 aromatic carbocycles. The molecule has 12 heteroatoms. The van der Waals surface area contributed by atoms with Crippen molar-refractivity contribution < 1.29 is 36.3 Å². The molecule has 0 radical (unpaired) electrons. The summed E-state index contributed by atoms with van der Waals surface area (Å²) in [5.74, 6) is -2.34. The lowest BCUT2D eigenvalue weighted by Crippen LogP contribution is -2.47. The summed E-state index contributed by atoms with van der Waals surface area (Å²) >= 11 is 0. The van der Waals surface area contributed by atoms with Crippen LogP contribution in [0, 0.1) is 26.7 Å². The highest BCUT2D eigenvalue weighted by molar-refractivity contribution is 7.89. The third kappa shape index (κ3) is 9.77. The first-order valence-corrected chi connectivity index (χ1v) is 12.9.